The number of hydrogen-bond donors (Lipinski definition) is 0. The molecule has 0 radical (unpaired) electrons. The van der Waals surface area contributed by atoms with Crippen molar-refractivity contribution in [2.24, 2.45) is 0 Å². The zero-order valence-corrected chi connectivity index (χ0v) is 11.2. The number of hydrogen-bond acceptors (Lipinski definition) is 4. The van der Waals surface area contributed by atoms with Crippen molar-refractivity contribution in [3.05, 3.63) is 0 Å². The number of unbranched alkanes of at least 4 members (excludes halogenated alkanes) is 3. The molecular weight excluding hydrogens is 220 g/mol. The lowest BCUT2D eigenvalue weighted by atomic mass is 10.2. The largest absolute Gasteiger partial charge is 0.463 e. The highest BCUT2D eigenvalue weighted by Gasteiger charge is 2.33. The highest BCUT2D eigenvalue weighted by atomic mass is 16.7. The normalized spacial score (nSPS) is 22.6. The summed E-state index contributed by atoms with van der Waals surface area (Å²) >= 11 is 0. The van der Waals surface area contributed by atoms with Crippen molar-refractivity contribution in [1.82, 2.24) is 0 Å². The molecule has 100 valence electrons. The number of carbonyl (C=O) groups is 1. The third-order valence-corrected chi connectivity index (χ3v) is 2.73. The van der Waals surface area contributed by atoms with Gasteiger partial charge < -0.3 is 14.2 Å². The van der Waals surface area contributed by atoms with Crippen molar-refractivity contribution in [3.63, 3.8) is 0 Å². The van der Waals surface area contributed by atoms with Crippen LogP contribution in [0.1, 0.15) is 52.9 Å². The Bertz CT molecular complexity index is 238. The first-order chi connectivity index (χ1) is 8.03. The molecule has 0 aromatic carbocycles. The number of esters is 1. The molecule has 0 saturated carbocycles. The lowest BCUT2D eigenvalue weighted by Crippen LogP contribution is -2.25. The van der Waals surface area contributed by atoms with Gasteiger partial charge in [-0.25, -0.2) is 0 Å². The Balaban J connectivity index is 2.04. The second-order valence-corrected chi connectivity index (χ2v) is 4.94. The van der Waals surface area contributed by atoms with E-state index in [9.17, 15) is 4.79 Å². The van der Waals surface area contributed by atoms with Crippen molar-refractivity contribution in [2.75, 3.05) is 13.2 Å². The minimum absolute atomic E-state index is 0.121. The highest BCUT2D eigenvalue weighted by Crippen LogP contribution is 2.22. The first-order valence-electron chi connectivity index (χ1n) is 6.51. The minimum Gasteiger partial charge on any atom is -0.463 e. The van der Waals surface area contributed by atoms with Gasteiger partial charge in [0.2, 0.25) is 0 Å². The Kier molecular flexibility index (Phi) is 5.92. The van der Waals surface area contributed by atoms with Crippen molar-refractivity contribution in [2.45, 2.75) is 64.8 Å². The summed E-state index contributed by atoms with van der Waals surface area (Å²) in [5.41, 5.74) is 0. The van der Waals surface area contributed by atoms with Crippen molar-refractivity contribution >= 4 is 5.97 Å². The van der Waals surface area contributed by atoms with Gasteiger partial charge in [0.15, 0.2) is 5.79 Å². The molecular formula is C13H24O4. The van der Waals surface area contributed by atoms with Crippen molar-refractivity contribution in [3.8, 4) is 0 Å². The predicted molar refractivity (Wildman–Crippen MR) is 64.6 cm³/mol. The van der Waals surface area contributed by atoms with Crippen LogP contribution < -0.4 is 0 Å². The van der Waals surface area contributed by atoms with E-state index in [0.717, 1.165) is 12.8 Å². The van der Waals surface area contributed by atoms with Gasteiger partial charge in [0.25, 0.3) is 0 Å². The number of carbonyl (C=O) groups excluding carboxylic acids is 1. The quantitative estimate of drug-likeness (QED) is 0.510. The van der Waals surface area contributed by atoms with Gasteiger partial charge in [-0.1, -0.05) is 26.2 Å². The Morgan fingerprint density at radius 2 is 2.12 bits per heavy atom. The van der Waals surface area contributed by atoms with E-state index in [2.05, 4.69) is 6.92 Å². The number of ether oxygens (including phenoxy) is 3. The second kappa shape index (κ2) is 6.97. The van der Waals surface area contributed by atoms with Crippen LogP contribution in [0.4, 0.5) is 0 Å². The topological polar surface area (TPSA) is 44.8 Å². The maximum atomic E-state index is 11.4. The number of rotatable bonds is 7. The highest BCUT2D eigenvalue weighted by molar-refractivity contribution is 5.69. The fourth-order valence-electron chi connectivity index (χ4n) is 1.80. The molecule has 0 spiro atoms. The van der Waals surface area contributed by atoms with Gasteiger partial charge in [0, 0.05) is 6.42 Å². The van der Waals surface area contributed by atoms with Gasteiger partial charge in [0.05, 0.1) is 6.61 Å². The van der Waals surface area contributed by atoms with Crippen LogP contribution in [0.3, 0.4) is 0 Å². The summed E-state index contributed by atoms with van der Waals surface area (Å²) in [6.45, 7) is 6.67. The van der Waals surface area contributed by atoms with E-state index in [1.54, 1.807) is 0 Å². The van der Waals surface area contributed by atoms with Gasteiger partial charge in [-0.2, -0.15) is 0 Å². The van der Waals surface area contributed by atoms with E-state index >= 15 is 0 Å². The first kappa shape index (κ1) is 14.5. The molecule has 4 heteroatoms. The molecule has 1 aliphatic rings. The fourth-order valence-corrected chi connectivity index (χ4v) is 1.80. The maximum Gasteiger partial charge on any atom is 0.305 e. The van der Waals surface area contributed by atoms with Crippen LogP contribution in [0.25, 0.3) is 0 Å². The van der Waals surface area contributed by atoms with Gasteiger partial charge >= 0.3 is 5.97 Å². The van der Waals surface area contributed by atoms with Gasteiger partial charge in [0.1, 0.15) is 12.7 Å². The van der Waals surface area contributed by atoms with E-state index in [-0.39, 0.29) is 12.1 Å². The third kappa shape index (κ3) is 6.03. The van der Waals surface area contributed by atoms with E-state index in [1.807, 2.05) is 13.8 Å². The summed E-state index contributed by atoms with van der Waals surface area (Å²) < 4.78 is 16.1. The molecule has 0 bridgehead atoms. The zero-order valence-electron chi connectivity index (χ0n) is 11.2. The van der Waals surface area contributed by atoms with E-state index in [1.165, 1.54) is 12.8 Å². The first-order valence-corrected chi connectivity index (χ1v) is 6.51. The molecule has 1 heterocycles. The van der Waals surface area contributed by atoms with Crippen molar-refractivity contribution in [1.29, 1.82) is 0 Å². The molecule has 1 rings (SSSR count). The molecule has 1 fully saturated rings. The second-order valence-electron chi connectivity index (χ2n) is 4.94. The summed E-state index contributed by atoms with van der Waals surface area (Å²) in [4.78, 5) is 11.4. The molecule has 0 aromatic heterocycles. The van der Waals surface area contributed by atoms with Gasteiger partial charge in [-0.05, 0) is 20.3 Å². The maximum absolute atomic E-state index is 11.4. The molecule has 4 nitrogen and oxygen atoms in total. The molecule has 1 aliphatic heterocycles. The summed E-state index contributed by atoms with van der Waals surface area (Å²) in [5.74, 6) is -0.674. The van der Waals surface area contributed by atoms with E-state index in [4.69, 9.17) is 14.2 Å². The van der Waals surface area contributed by atoms with E-state index < -0.39 is 5.79 Å². The summed E-state index contributed by atoms with van der Waals surface area (Å²) in [6.07, 6.45) is 4.77. The van der Waals surface area contributed by atoms with Crippen LogP contribution in [-0.2, 0) is 19.0 Å². The Morgan fingerprint density at radius 3 is 2.71 bits per heavy atom. The van der Waals surface area contributed by atoms with Crippen LogP contribution in [0.2, 0.25) is 0 Å². The predicted octanol–water partition coefficient (Wildman–Crippen LogP) is 2.65. The van der Waals surface area contributed by atoms with Crippen LogP contribution in [-0.4, -0.2) is 31.1 Å². The molecule has 1 atom stereocenters. The van der Waals surface area contributed by atoms with Crippen LogP contribution in [0.15, 0.2) is 0 Å². The van der Waals surface area contributed by atoms with Gasteiger partial charge in [-0.15, -0.1) is 0 Å². The SMILES string of the molecule is CCCCCCC(=O)OCC1COC(C)(C)O1. The summed E-state index contributed by atoms with van der Waals surface area (Å²) in [7, 11) is 0. The summed E-state index contributed by atoms with van der Waals surface area (Å²) in [5, 5.41) is 0. The average molecular weight is 244 g/mol. The zero-order chi connectivity index (χ0) is 12.7. The lowest BCUT2D eigenvalue weighted by Gasteiger charge is -2.16. The van der Waals surface area contributed by atoms with Crippen LogP contribution in [0, 0.1) is 0 Å². The van der Waals surface area contributed by atoms with Crippen molar-refractivity contribution < 1.29 is 19.0 Å². The summed E-state index contributed by atoms with van der Waals surface area (Å²) in [6, 6.07) is 0. The lowest BCUT2D eigenvalue weighted by molar-refractivity contribution is -0.158. The third-order valence-electron chi connectivity index (χ3n) is 2.73. The Hall–Kier alpha value is -0.610. The molecule has 0 aliphatic carbocycles. The Morgan fingerprint density at radius 1 is 1.35 bits per heavy atom. The van der Waals surface area contributed by atoms with E-state index in [0.29, 0.717) is 19.6 Å². The molecule has 1 saturated heterocycles. The average Bonchev–Trinajstić information content (AvgIpc) is 2.62. The molecule has 0 N–H and O–H groups in total. The van der Waals surface area contributed by atoms with Crippen LogP contribution >= 0.6 is 0 Å². The monoisotopic (exact) mass is 244 g/mol. The smallest absolute Gasteiger partial charge is 0.305 e. The fraction of sp³-hybridized carbons (Fsp3) is 0.923. The minimum atomic E-state index is -0.543. The standard InChI is InChI=1S/C13H24O4/c1-4-5-6-7-8-12(14)15-9-11-10-16-13(2,3)17-11/h11H,4-10H2,1-3H3. The molecule has 0 amide bonds. The molecule has 17 heavy (non-hydrogen) atoms. The Labute approximate surface area is 104 Å². The molecule has 0 aromatic rings. The molecule has 1 unspecified atom stereocenters. The van der Waals surface area contributed by atoms with Gasteiger partial charge in [-0.3, -0.25) is 4.79 Å². The van der Waals surface area contributed by atoms with Crippen LogP contribution in [0.5, 0.6) is 0 Å².